The minimum Gasteiger partial charge on any atom is -0.459 e. The van der Waals surface area contributed by atoms with Gasteiger partial charge in [0.15, 0.2) is 0 Å². The summed E-state index contributed by atoms with van der Waals surface area (Å²) >= 11 is 0. The molecule has 0 radical (unpaired) electrons. The molecule has 0 aliphatic carbocycles. The SMILES string of the molecule is CCN(CC)Cc1cc(C(=O)N2C[C@H]3COC[C@@]3(CO)C2)c(-c2ccccc2)o1. The number of hydrogen-bond acceptors (Lipinski definition) is 5. The summed E-state index contributed by atoms with van der Waals surface area (Å²) in [5.41, 5.74) is 1.18. The number of aliphatic hydroxyl groups is 1. The van der Waals surface area contributed by atoms with Crippen LogP contribution < -0.4 is 0 Å². The molecule has 0 spiro atoms. The maximum Gasteiger partial charge on any atom is 0.257 e. The molecule has 2 aromatic rings. The molecule has 0 bridgehead atoms. The molecule has 2 fully saturated rings. The van der Waals surface area contributed by atoms with Crippen LogP contribution in [0.15, 0.2) is 40.8 Å². The van der Waals surface area contributed by atoms with E-state index in [9.17, 15) is 9.90 Å². The fraction of sp³-hybridized carbons (Fsp3) is 0.522. The summed E-state index contributed by atoms with van der Waals surface area (Å²) in [6, 6.07) is 11.7. The lowest BCUT2D eigenvalue weighted by molar-refractivity contribution is 0.0631. The van der Waals surface area contributed by atoms with Gasteiger partial charge in [-0.3, -0.25) is 9.69 Å². The molecule has 6 heteroatoms. The maximum absolute atomic E-state index is 13.5. The molecule has 2 aliphatic heterocycles. The summed E-state index contributed by atoms with van der Waals surface area (Å²) in [4.78, 5) is 17.6. The summed E-state index contributed by atoms with van der Waals surface area (Å²) in [5, 5.41) is 9.95. The van der Waals surface area contributed by atoms with Gasteiger partial charge < -0.3 is 19.2 Å². The minimum atomic E-state index is -0.323. The van der Waals surface area contributed by atoms with Crippen LogP contribution in [0, 0.1) is 11.3 Å². The predicted octanol–water partition coefficient (Wildman–Crippen LogP) is 2.87. The second-order valence-electron chi connectivity index (χ2n) is 8.20. The predicted molar refractivity (Wildman–Crippen MR) is 111 cm³/mol. The molecule has 2 aliphatic rings. The summed E-state index contributed by atoms with van der Waals surface area (Å²) in [6.07, 6.45) is 0. The van der Waals surface area contributed by atoms with E-state index in [1.807, 2.05) is 41.3 Å². The zero-order valence-corrected chi connectivity index (χ0v) is 17.3. The van der Waals surface area contributed by atoms with Crippen LogP contribution in [0.25, 0.3) is 11.3 Å². The Balaban J connectivity index is 1.65. The molecule has 0 unspecified atom stereocenters. The van der Waals surface area contributed by atoms with Crippen LogP contribution >= 0.6 is 0 Å². The van der Waals surface area contributed by atoms with E-state index in [2.05, 4.69) is 18.7 Å². The van der Waals surface area contributed by atoms with Gasteiger partial charge in [0.05, 0.1) is 31.9 Å². The fourth-order valence-electron chi connectivity index (χ4n) is 4.53. The van der Waals surface area contributed by atoms with E-state index in [1.165, 1.54) is 0 Å². The third-order valence-corrected chi connectivity index (χ3v) is 6.45. The summed E-state index contributed by atoms with van der Waals surface area (Å²) in [7, 11) is 0. The lowest BCUT2D eigenvalue weighted by Crippen LogP contribution is -2.36. The first kappa shape index (κ1) is 20.1. The number of aliphatic hydroxyl groups excluding tert-OH is 1. The first-order valence-electron chi connectivity index (χ1n) is 10.5. The Bertz CT molecular complexity index is 846. The molecule has 6 nitrogen and oxygen atoms in total. The molecule has 29 heavy (non-hydrogen) atoms. The van der Waals surface area contributed by atoms with Gasteiger partial charge in [0.25, 0.3) is 5.91 Å². The Hall–Kier alpha value is -2.15. The molecule has 1 amide bonds. The Morgan fingerprint density at radius 1 is 1.28 bits per heavy atom. The number of amides is 1. The van der Waals surface area contributed by atoms with Crippen molar-refractivity contribution in [2.75, 3.05) is 46.0 Å². The summed E-state index contributed by atoms with van der Waals surface area (Å²) in [6.45, 7) is 9.08. The molecule has 156 valence electrons. The maximum atomic E-state index is 13.5. The van der Waals surface area contributed by atoms with E-state index < -0.39 is 0 Å². The first-order valence-corrected chi connectivity index (χ1v) is 10.5. The van der Waals surface area contributed by atoms with Gasteiger partial charge in [0.1, 0.15) is 11.5 Å². The Labute approximate surface area is 172 Å². The lowest BCUT2D eigenvalue weighted by atomic mass is 9.82. The summed E-state index contributed by atoms with van der Waals surface area (Å²) < 4.78 is 11.8. The zero-order valence-electron chi connectivity index (χ0n) is 17.3. The number of rotatable bonds is 7. The topological polar surface area (TPSA) is 66.2 Å². The van der Waals surface area contributed by atoms with Crippen LogP contribution in [-0.2, 0) is 11.3 Å². The van der Waals surface area contributed by atoms with E-state index in [0.29, 0.717) is 44.2 Å². The van der Waals surface area contributed by atoms with Gasteiger partial charge in [-0.05, 0) is 19.2 Å². The molecule has 0 saturated carbocycles. The lowest BCUT2D eigenvalue weighted by Gasteiger charge is -2.24. The number of carbonyl (C=O) groups is 1. The second-order valence-corrected chi connectivity index (χ2v) is 8.20. The number of hydrogen-bond donors (Lipinski definition) is 1. The molecule has 3 heterocycles. The third kappa shape index (κ3) is 3.72. The highest BCUT2D eigenvalue weighted by Gasteiger charge is 2.51. The standard InChI is InChI=1S/C23H30N2O4/c1-3-24(4-2)12-19-10-20(21(29-19)17-8-6-5-7-9-17)22(27)25-11-18-13-28-16-23(18,14-25)15-26/h5-10,18,26H,3-4,11-16H2,1-2H3/t18-,23-/m0/s1. The van der Waals surface area contributed by atoms with Crippen LogP contribution in [0.1, 0.15) is 30.0 Å². The van der Waals surface area contributed by atoms with Gasteiger partial charge in [0, 0.05) is 30.0 Å². The Morgan fingerprint density at radius 3 is 2.69 bits per heavy atom. The molecule has 1 N–H and O–H groups in total. The molecule has 2 atom stereocenters. The quantitative estimate of drug-likeness (QED) is 0.777. The van der Waals surface area contributed by atoms with E-state index in [0.717, 1.165) is 24.4 Å². The van der Waals surface area contributed by atoms with Gasteiger partial charge in [0.2, 0.25) is 0 Å². The summed E-state index contributed by atoms with van der Waals surface area (Å²) in [5.74, 6) is 1.60. The van der Waals surface area contributed by atoms with Crippen LogP contribution in [0.3, 0.4) is 0 Å². The van der Waals surface area contributed by atoms with Crippen LogP contribution in [-0.4, -0.2) is 66.8 Å². The second kappa shape index (κ2) is 8.30. The molecular weight excluding hydrogens is 368 g/mol. The van der Waals surface area contributed by atoms with Crippen molar-refractivity contribution in [2.45, 2.75) is 20.4 Å². The zero-order chi connectivity index (χ0) is 20.4. The normalized spacial score (nSPS) is 23.7. The number of benzene rings is 1. The molecule has 1 aromatic heterocycles. The fourth-order valence-corrected chi connectivity index (χ4v) is 4.53. The highest BCUT2D eigenvalue weighted by atomic mass is 16.5. The average molecular weight is 399 g/mol. The van der Waals surface area contributed by atoms with E-state index in [-0.39, 0.29) is 23.8 Å². The number of carbonyl (C=O) groups excluding carboxylic acids is 1. The van der Waals surface area contributed by atoms with Crippen molar-refractivity contribution in [3.05, 3.63) is 47.7 Å². The average Bonchev–Trinajstić information content (AvgIpc) is 3.44. The number of nitrogens with zero attached hydrogens (tertiary/aromatic N) is 2. The molecule has 4 rings (SSSR count). The third-order valence-electron chi connectivity index (χ3n) is 6.45. The van der Waals surface area contributed by atoms with Crippen LogP contribution in [0.5, 0.6) is 0 Å². The molecule has 2 saturated heterocycles. The van der Waals surface area contributed by atoms with Crippen molar-refractivity contribution in [1.29, 1.82) is 0 Å². The monoisotopic (exact) mass is 398 g/mol. The number of furan rings is 1. The highest BCUT2D eigenvalue weighted by Crippen LogP contribution is 2.42. The van der Waals surface area contributed by atoms with E-state index >= 15 is 0 Å². The van der Waals surface area contributed by atoms with Gasteiger partial charge >= 0.3 is 0 Å². The number of ether oxygens (including phenoxy) is 1. The van der Waals surface area contributed by atoms with Crippen molar-refractivity contribution >= 4 is 5.91 Å². The molecule has 1 aromatic carbocycles. The van der Waals surface area contributed by atoms with Crippen molar-refractivity contribution in [1.82, 2.24) is 9.80 Å². The van der Waals surface area contributed by atoms with Crippen molar-refractivity contribution < 1.29 is 19.1 Å². The van der Waals surface area contributed by atoms with Crippen LogP contribution in [0.4, 0.5) is 0 Å². The van der Waals surface area contributed by atoms with Crippen molar-refractivity contribution in [2.24, 2.45) is 11.3 Å². The van der Waals surface area contributed by atoms with Crippen LogP contribution in [0.2, 0.25) is 0 Å². The van der Waals surface area contributed by atoms with Crippen molar-refractivity contribution in [3.8, 4) is 11.3 Å². The first-order chi connectivity index (χ1) is 14.1. The Kier molecular flexibility index (Phi) is 5.76. The largest absolute Gasteiger partial charge is 0.459 e. The highest BCUT2D eigenvalue weighted by molar-refractivity contribution is 6.00. The van der Waals surface area contributed by atoms with Crippen molar-refractivity contribution in [3.63, 3.8) is 0 Å². The minimum absolute atomic E-state index is 0.0272. The smallest absolute Gasteiger partial charge is 0.257 e. The number of likely N-dealkylation sites (tertiary alicyclic amines) is 1. The number of fused-ring (bicyclic) bond motifs is 1. The van der Waals surface area contributed by atoms with Gasteiger partial charge in [-0.15, -0.1) is 0 Å². The van der Waals surface area contributed by atoms with E-state index in [4.69, 9.17) is 9.15 Å². The molecular formula is C23H30N2O4. The Morgan fingerprint density at radius 2 is 2.03 bits per heavy atom. The van der Waals surface area contributed by atoms with E-state index in [1.54, 1.807) is 0 Å². The van der Waals surface area contributed by atoms with Gasteiger partial charge in [-0.25, -0.2) is 0 Å². The van der Waals surface area contributed by atoms with Gasteiger partial charge in [-0.1, -0.05) is 44.2 Å². The van der Waals surface area contributed by atoms with Gasteiger partial charge in [-0.2, -0.15) is 0 Å².